The number of hydrogen-bond donors (Lipinski definition) is 0. The van der Waals surface area contributed by atoms with E-state index in [1.165, 1.54) is 5.57 Å². The maximum Gasteiger partial charge on any atom is 0.126 e. The van der Waals surface area contributed by atoms with Crippen LogP contribution >= 0.6 is 15.9 Å². The lowest BCUT2D eigenvalue weighted by atomic mass is 10.1. The van der Waals surface area contributed by atoms with Crippen molar-refractivity contribution in [3.05, 3.63) is 34.3 Å². The molecule has 1 aromatic rings. The number of para-hydroxylation sites is 1. The second-order valence-electron chi connectivity index (χ2n) is 2.86. The maximum absolute atomic E-state index is 5.26. The fourth-order valence-electron chi connectivity index (χ4n) is 1.14. The van der Waals surface area contributed by atoms with E-state index < -0.39 is 0 Å². The Hall–Kier alpha value is -0.760. The second kappa shape index (κ2) is 4.47. The van der Waals surface area contributed by atoms with Gasteiger partial charge in [-0.1, -0.05) is 34.1 Å². The van der Waals surface area contributed by atoms with Crippen molar-refractivity contribution in [1.29, 1.82) is 0 Å². The Morgan fingerprint density at radius 1 is 1.23 bits per heavy atom. The van der Waals surface area contributed by atoms with Gasteiger partial charge in [-0.25, -0.2) is 0 Å². The van der Waals surface area contributed by atoms with Crippen molar-refractivity contribution in [3.63, 3.8) is 0 Å². The van der Waals surface area contributed by atoms with Crippen LogP contribution in [0.1, 0.15) is 19.4 Å². The third-order valence-electron chi connectivity index (χ3n) is 2.03. The smallest absolute Gasteiger partial charge is 0.126 e. The van der Waals surface area contributed by atoms with Gasteiger partial charge in [-0.15, -0.1) is 0 Å². The van der Waals surface area contributed by atoms with Crippen molar-refractivity contribution in [2.24, 2.45) is 0 Å². The largest absolute Gasteiger partial charge is 0.496 e. The molecule has 0 aliphatic rings. The van der Waals surface area contributed by atoms with Gasteiger partial charge in [-0.3, -0.25) is 0 Å². The summed E-state index contributed by atoms with van der Waals surface area (Å²) in [6.45, 7) is 4.10. The summed E-state index contributed by atoms with van der Waals surface area (Å²) in [6.07, 6.45) is 0. The minimum atomic E-state index is 0.916. The molecule has 0 radical (unpaired) electrons. The Bertz CT molecular complexity index is 325. The molecular formula is C11H13BrO. The summed E-state index contributed by atoms with van der Waals surface area (Å²) in [5.41, 5.74) is 2.34. The molecule has 0 heterocycles. The molecule has 2 heteroatoms. The van der Waals surface area contributed by atoms with Gasteiger partial charge in [0.25, 0.3) is 0 Å². The third-order valence-corrected chi connectivity index (χ3v) is 2.62. The Balaban J connectivity index is 3.21. The van der Waals surface area contributed by atoms with Gasteiger partial charge in [0.2, 0.25) is 0 Å². The number of hydrogen-bond acceptors (Lipinski definition) is 1. The Morgan fingerprint density at radius 2 is 1.85 bits per heavy atom. The van der Waals surface area contributed by atoms with E-state index in [1.807, 2.05) is 25.1 Å². The summed E-state index contributed by atoms with van der Waals surface area (Å²) in [6, 6.07) is 8.00. The van der Waals surface area contributed by atoms with Gasteiger partial charge in [0.15, 0.2) is 0 Å². The van der Waals surface area contributed by atoms with E-state index >= 15 is 0 Å². The van der Waals surface area contributed by atoms with Crippen LogP contribution in [0.15, 0.2) is 28.7 Å². The summed E-state index contributed by atoms with van der Waals surface area (Å²) < 4.78 is 6.40. The number of methoxy groups -OCH3 is 1. The van der Waals surface area contributed by atoms with Crippen LogP contribution in [0.4, 0.5) is 0 Å². The van der Waals surface area contributed by atoms with Crippen molar-refractivity contribution in [3.8, 4) is 5.75 Å². The molecule has 0 spiro atoms. The van der Waals surface area contributed by atoms with Crippen LogP contribution in [-0.4, -0.2) is 7.11 Å². The number of benzene rings is 1. The number of ether oxygens (including phenoxy) is 1. The highest BCUT2D eigenvalue weighted by atomic mass is 79.9. The maximum atomic E-state index is 5.26. The average molecular weight is 241 g/mol. The zero-order chi connectivity index (χ0) is 9.84. The van der Waals surface area contributed by atoms with Gasteiger partial charge in [0.05, 0.1) is 7.11 Å². The molecule has 0 saturated carbocycles. The van der Waals surface area contributed by atoms with Crippen LogP contribution in [0.2, 0.25) is 0 Å². The van der Waals surface area contributed by atoms with Gasteiger partial charge in [0.1, 0.15) is 5.75 Å². The first kappa shape index (κ1) is 10.3. The quantitative estimate of drug-likeness (QED) is 0.764. The first-order valence-electron chi connectivity index (χ1n) is 4.13. The topological polar surface area (TPSA) is 9.23 Å². The van der Waals surface area contributed by atoms with Crippen molar-refractivity contribution in [2.75, 3.05) is 7.11 Å². The average Bonchev–Trinajstić information content (AvgIpc) is 2.16. The number of rotatable bonds is 2. The molecule has 0 aromatic heterocycles. The fraction of sp³-hybridized carbons (Fsp3) is 0.273. The molecule has 0 saturated heterocycles. The molecule has 0 aliphatic heterocycles. The van der Waals surface area contributed by atoms with E-state index in [4.69, 9.17) is 4.74 Å². The normalized spacial score (nSPS) is 12.3. The minimum absolute atomic E-state index is 0.916. The van der Waals surface area contributed by atoms with Crippen molar-refractivity contribution < 1.29 is 4.74 Å². The molecule has 0 unspecified atom stereocenters. The van der Waals surface area contributed by atoms with Gasteiger partial charge in [0, 0.05) is 5.56 Å². The van der Waals surface area contributed by atoms with E-state index in [0.717, 1.165) is 15.8 Å². The van der Waals surface area contributed by atoms with Crippen LogP contribution in [0.25, 0.3) is 5.57 Å². The van der Waals surface area contributed by atoms with E-state index in [9.17, 15) is 0 Å². The molecule has 0 amide bonds. The molecule has 0 atom stereocenters. The number of allylic oxidation sites excluding steroid dienone is 2. The molecule has 0 N–H and O–H groups in total. The summed E-state index contributed by atoms with van der Waals surface area (Å²) in [7, 11) is 1.69. The highest BCUT2D eigenvalue weighted by Gasteiger charge is 2.04. The van der Waals surface area contributed by atoms with Crippen LogP contribution < -0.4 is 4.74 Å². The zero-order valence-corrected chi connectivity index (χ0v) is 9.68. The molecule has 1 nitrogen and oxygen atoms in total. The first-order valence-corrected chi connectivity index (χ1v) is 4.92. The van der Waals surface area contributed by atoms with Gasteiger partial charge >= 0.3 is 0 Å². The third kappa shape index (κ3) is 2.34. The van der Waals surface area contributed by atoms with Gasteiger partial charge in [-0.05, 0) is 30.0 Å². The van der Waals surface area contributed by atoms with Crippen molar-refractivity contribution in [2.45, 2.75) is 13.8 Å². The predicted octanol–water partition coefficient (Wildman–Crippen LogP) is 3.84. The lowest BCUT2D eigenvalue weighted by Crippen LogP contribution is -1.89. The van der Waals surface area contributed by atoms with Crippen LogP contribution in [0, 0.1) is 0 Å². The summed E-state index contributed by atoms with van der Waals surface area (Å²) in [5.74, 6) is 0.916. The van der Waals surface area contributed by atoms with Crippen LogP contribution in [0.3, 0.4) is 0 Å². The van der Waals surface area contributed by atoms with E-state index in [1.54, 1.807) is 7.11 Å². The molecule has 0 fully saturated rings. The highest BCUT2D eigenvalue weighted by Crippen LogP contribution is 2.29. The van der Waals surface area contributed by atoms with Gasteiger partial charge < -0.3 is 4.74 Å². The van der Waals surface area contributed by atoms with Crippen molar-refractivity contribution in [1.82, 2.24) is 0 Å². The first-order chi connectivity index (χ1) is 6.16. The molecule has 1 aromatic carbocycles. The number of halogens is 1. The molecule has 13 heavy (non-hydrogen) atoms. The Morgan fingerprint density at radius 3 is 2.38 bits per heavy atom. The molecule has 70 valence electrons. The standard InChI is InChI=1S/C11H13BrO/c1-8(9(2)12)10-6-4-5-7-11(10)13-3/h4-7H,1-3H3/b9-8-. The van der Waals surface area contributed by atoms with Crippen LogP contribution in [0.5, 0.6) is 5.75 Å². The molecular weight excluding hydrogens is 228 g/mol. The van der Waals surface area contributed by atoms with Crippen molar-refractivity contribution >= 4 is 21.5 Å². The van der Waals surface area contributed by atoms with E-state index in [2.05, 4.69) is 28.9 Å². The molecule has 0 aliphatic carbocycles. The monoisotopic (exact) mass is 240 g/mol. The Labute approximate surface area is 87.5 Å². The summed E-state index contributed by atoms with van der Waals surface area (Å²) >= 11 is 3.46. The van der Waals surface area contributed by atoms with Gasteiger partial charge in [-0.2, -0.15) is 0 Å². The molecule has 0 bridgehead atoms. The minimum Gasteiger partial charge on any atom is -0.496 e. The summed E-state index contributed by atoms with van der Waals surface area (Å²) in [5, 5.41) is 0. The van der Waals surface area contributed by atoms with E-state index in [0.29, 0.717) is 0 Å². The van der Waals surface area contributed by atoms with Crippen LogP contribution in [-0.2, 0) is 0 Å². The zero-order valence-electron chi connectivity index (χ0n) is 8.10. The van der Waals surface area contributed by atoms with E-state index in [-0.39, 0.29) is 0 Å². The predicted molar refractivity (Wildman–Crippen MR) is 60.2 cm³/mol. The highest BCUT2D eigenvalue weighted by molar-refractivity contribution is 9.11. The molecule has 1 rings (SSSR count). The lowest BCUT2D eigenvalue weighted by molar-refractivity contribution is 0.413. The SMILES string of the molecule is COc1ccccc1/C(C)=C(/C)Br. The second-order valence-corrected chi connectivity index (χ2v) is 4.05. The Kier molecular flexibility index (Phi) is 3.55. The fourth-order valence-corrected chi connectivity index (χ4v) is 1.35. The summed E-state index contributed by atoms with van der Waals surface area (Å²) in [4.78, 5) is 0. The lowest BCUT2D eigenvalue weighted by Gasteiger charge is -2.08.